The van der Waals surface area contributed by atoms with E-state index >= 15 is 0 Å². The summed E-state index contributed by atoms with van der Waals surface area (Å²) < 4.78 is 12.8. The first-order valence-electron chi connectivity index (χ1n) is 3.35. The number of nitrogen functional groups attached to an aromatic ring is 1. The first-order chi connectivity index (χ1) is 5.74. The lowest BCUT2D eigenvalue weighted by Crippen LogP contribution is -1.89. The van der Waals surface area contributed by atoms with Crippen LogP contribution in [0.1, 0.15) is 5.56 Å². The van der Waals surface area contributed by atoms with Crippen LogP contribution in [-0.4, -0.2) is 0 Å². The molecule has 0 heterocycles. The quantitative estimate of drug-likeness (QED) is 0.506. The number of nitrogens with zero attached hydrogens (tertiary/aromatic N) is 1. The summed E-state index contributed by atoms with van der Waals surface area (Å²) in [5, 5.41) is 8.20. The van der Waals surface area contributed by atoms with Gasteiger partial charge in [-0.1, -0.05) is 6.07 Å². The molecule has 0 aromatic heterocycles. The molecule has 2 nitrogen and oxygen atoms in total. The molecule has 0 amide bonds. The maximum absolute atomic E-state index is 12.8. The molecule has 0 saturated heterocycles. The van der Waals surface area contributed by atoms with E-state index in [1.54, 1.807) is 6.07 Å². The summed E-state index contributed by atoms with van der Waals surface area (Å²) in [5.41, 5.74) is 6.00. The van der Waals surface area contributed by atoms with Crippen molar-refractivity contribution in [3.05, 3.63) is 35.7 Å². The third-order valence-corrected chi connectivity index (χ3v) is 1.37. The van der Waals surface area contributed by atoms with E-state index in [2.05, 4.69) is 0 Å². The number of nitrogens with two attached hydrogens (primary N) is 1. The molecule has 1 aromatic rings. The Morgan fingerprint density at radius 1 is 1.50 bits per heavy atom. The summed E-state index contributed by atoms with van der Waals surface area (Å²) in [4.78, 5) is 0. The zero-order chi connectivity index (χ0) is 8.97. The minimum atomic E-state index is -0.463. The van der Waals surface area contributed by atoms with Gasteiger partial charge >= 0.3 is 0 Å². The second-order valence-corrected chi connectivity index (χ2v) is 2.24. The Hall–Kier alpha value is -1.82. The maximum Gasteiger partial charge on any atom is 0.146 e. The summed E-state index contributed by atoms with van der Waals surface area (Å²) in [6.45, 7) is 0. The van der Waals surface area contributed by atoms with Crippen molar-refractivity contribution in [2.45, 2.75) is 0 Å². The molecule has 2 N–H and O–H groups in total. The SMILES string of the molecule is N#C/C=C/c1ccc(N)c(F)c1. The molecule has 0 radical (unpaired) electrons. The smallest absolute Gasteiger partial charge is 0.146 e. The van der Waals surface area contributed by atoms with Crippen LogP contribution < -0.4 is 5.73 Å². The van der Waals surface area contributed by atoms with Gasteiger partial charge in [0.2, 0.25) is 0 Å². The molecule has 0 saturated carbocycles. The van der Waals surface area contributed by atoms with Crippen LogP contribution in [0.3, 0.4) is 0 Å². The number of halogens is 1. The van der Waals surface area contributed by atoms with Crippen LogP contribution in [0.5, 0.6) is 0 Å². The van der Waals surface area contributed by atoms with Crippen LogP contribution in [-0.2, 0) is 0 Å². The molecule has 0 bridgehead atoms. The van der Waals surface area contributed by atoms with E-state index in [0.29, 0.717) is 5.56 Å². The third kappa shape index (κ3) is 1.83. The summed E-state index contributed by atoms with van der Waals surface area (Å²) in [7, 11) is 0. The summed E-state index contributed by atoms with van der Waals surface area (Å²) in [6.07, 6.45) is 2.80. The van der Waals surface area contributed by atoms with Crippen molar-refractivity contribution in [3.8, 4) is 6.07 Å². The van der Waals surface area contributed by atoms with Gasteiger partial charge in [0.25, 0.3) is 0 Å². The van der Waals surface area contributed by atoms with E-state index < -0.39 is 5.82 Å². The number of allylic oxidation sites excluding steroid dienone is 1. The van der Waals surface area contributed by atoms with Crippen LogP contribution >= 0.6 is 0 Å². The molecule has 0 aliphatic carbocycles. The topological polar surface area (TPSA) is 49.8 Å². The minimum Gasteiger partial charge on any atom is -0.396 e. The minimum absolute atomic E-state index is 0.115. The molecule has 0 fully saturated rings. The van der Waals surface area contributed by atoms with Gasteiger partial charge in [-0.05, 0) is 23.8 Å². The third-order valence-electron chi connectivity index (χ3n) is 1.37. The van der Waals surface area contributed by atoms with E-state index in [0.717, 1.165) is 0 Å². The first-order valence-corrected chi connectivity index (χ1v) is 3.35. The molecule has 0 aliphatic heterocycles. The molecule has 0 aliphatic rings. The molecule has 0 spiro atoms. The Labute approximate surface area is 69.7 Å². The summed E-state index contributed by atoms with van der Waals surface area (Å²) in [5.74, 6) is -0.463. The van der Waals surface area contributed by atoms with Crippen LogP contribution in [0.25, 0.3) is 6.08 Å². The van der Waals surface area contributed by atoms with Gasteiger partial charge < -0.3 is 5.73 Å². The van der Waals surface area contributed by atoms with Crippen LogP contribution in [0, 0.1) is 17.1 Å². The van der Waals surface area contributed by atoms with E-state index in [1.807, 2.05) is 6.07 Å². The summed E-state index contributed by atoms with van der Waals surface area (Å²) in [6, 6.07) is 6.21. The number of hydrogen-bond acceptors (Lipinski definition) is 2. The maximum atomic E-state index is 12.8. The molecular formula is C9H7FN2. The largest absolute Gasteiger partial charge is 0.396 e. The van der Waals surface area contributed by atoms with Crippen LogP contribution in [0.2, 0.25) is 0 Å². The predicted octanol–water partition coefficient (Wildman–Crippen LogP) is 1.94. The molecule has 60 valence electrons. The molecular weight excluding hydrogens is 155 g/mol. The second kappa shape index (κ2) is 3.54. The zero-order valence-corrected chi connectivity index (χ0v) is 6.29. The normalized spacial score (nSPS) is 10.0. The highest BCUT2D eigenvalue weighted by Crippen LogP contribution is 2.12. The molecule has 0 unspecified atom stereocenters. The van der Waals surface area contributed by atoms with E-state index in [4.69, 9.17) is 11.0 Å². The molecule has 1 rings (SSSR count). The lowest BCUT2D eigenvalue weighted by Gasteiger charge is -1.96. The van der Waals surface area contributed by atoms with Gasteiger partial charge in [-0.15, -0.1) is 0 Å². The standard InChI is InChI=1S/C9H7FN2/c10-8-6-7(2-1-5-11)3-4-9(8)12/h1-4,6H,12H2/b2-1+. The van der Waals surface area contributed by atoms with E-state index in [-0.39, 0.29) is 5.69 Å². The van der Waals surface area contributed by atoms with Crippen LogP contribution in [0.4, 0.5) is 10.1 Å². The number of rotatable bonds is 1. The van der Waals surface area contributed by atoms with E-state index in [1.165, 1.54) is 24.3 Å². The Balaban J connectivity index is 2.99. The van der Waals surface area contributed by atoms with Gasteiger partial charge in [0.05, 0.1) is 11.8 Å². The fourth-order valence-electron chi connectivity index (χ4n) is 0.781. The van der Waals surface area contributed by atoms with Crippen molar-refractivity contribution in [2.75, 3.05) is 5.73 Å². The number of nitriles is 1. The first kappa shape index (κ1) is 8.28. The van der Waals surface area contributed by atoms with E-state index in [9.17, 15) is 4.39 Å². The Bertz CT molecular complexity index is 350. The highest BCUT2D eigenvalue weighted by molar-refractivity contribution is 5.55. The Morgan fingerprint density at radius 3 is 2.83 bits per heavy atom. The second-order valence-electron chi connectivity index (χ2n) is 2.24. The lowest BCUT2D eigenvalue weighted by molar-refractivity contribution is 0.632. The van der Waals surface area contributed by atoms with Crippen molar-refractivity contribution in [2.24, 2.45) is 0 Å². The molecule has 0 atom stereocenters. The number of anilines is 1. The van der Waals surface area contributed by atoms with Crippen molar-refractivity contribution in [1.82, 2.24) is 0 Å². The van der Waals surface area contributed by atoms with Crippen molar-refractivity contribution in [1.29, 1.82) is 5.26 Å². The lowest BCUT2D eigenvalue weighted by atomic mass is 10.2. The van der Waals surface area contributed by atoms with Crippen molar-refractivity contribution in [3.63, 3.8) is 0 Å². The predicted molar refractivity (Wildman–Crippen MR) is 45.5 cm³/mol. The number of hydrogen-bond donors (Lipinski definition) is 1. The van der Waals surface area contributed by atoms with Gasteiger partial charge in [-0.3, -0.25) is 0 Å². The molecule has 1 aromatic carbocycles. The van der Waals surface area contributed by atoms with Crippen molar-refractivity contribution >= 4 is 11.8 Å². The molecule has 3 heteroatoms. The molecule has 12 heavy (non-hydrogen) atoms. The van der Waals surface area contributed by atoms with Gasteiger partial charge in [-0.25, -0.2) is 4.39 Å². The zero-order valence-electron chi connectivity index (χ0n) is 6.29. The van der Waals surface area contributed by atoms with Gasteiger partial charge in [0, 0.05) is 6.08 Å². The van der Waals surface area contributed by atoms with Gasteiger partial charge in [0.1, 0.15) is 5.82 Å². The van der Waals surface area contributed by atoms with Gasteiger partial charge in [0.15, 0.2) is 0 Å². The van der Waals surface area contributed by atoms with Crippen LogP contribution in [0.15, 0.2) is 24.3 Å². The van der Waals surface area contributed by atoms with Crippen molar-refractivity contribution < 1.29 is 4.39 Å². The Morgan fingerprint density at radius 2 is 2.25 bits per heavy atom. The Kier molecular flexibility index (Phi) is 2.44. The average Bonchev–Trinajstić information content (AvgIpc) is 2.07. The van der Waals surface area contributed by atoms with Gasteiger partial charge in [-0.2, -0.15) is 5.26 Å². The fourth-order valence-corrected chi connectivity index (χ4v) is 0.781. The summed E-state index contributed by atoms with van der Waals surface area (Å²) >= 11 is 0. The average molecular weight is 162 g/mol. The monoisotopic (exact) mass is 162 g/mol. The fraction of sp³-hybridized carbons (Fsp3) is 0. The highest BCUT2D eigenvalue weighted by Gasteiger charge is 1.96. The highest BCUT2D eigenvalue weighted by atomic mass is 19.1. The number of benzene rings is 1.